The van der Waals surface area contributed by atoms with Gasteiger partial charge in [-0.05, 0) is 43.3 Å². The van der Waals surface area contributed by atoms with E-state index in [2.05, 4.69) is 78.2 Å². The van der Waals surface area contributed by atoms with Crippen LogP contribution < -0.4 is 10.6 Å². The molecule has 6 heteroatoms. The van der Waals surface area contributed by atoms with Gasteiger partial charge in [0, 0.05) is 18.5 Å². The fraction of sp³-hybridized carbons (Fsp3) is 0.421. The summed E-state index contributed by atoms with van der Waals surface area (Å²) in [4.78, 5) is 5.56. The van der Waals surface area contributed by atoms with Crippen molar-refractivity contribution in [1.29, 1.82) is 0 Å². The summed E-state index contributed by atoms with van der Waals surface area (Å²) in [7, 11) is 1.79. The predicted molar refractivity (Wildman–Crippen MR) is 118 cm³/mol. The van der Waals surface area contributed by atoms with Crippen LogP contribution in [0.2, 0.25) is 0 Å². The molecule has 0 aliphatic heterocycles. The number of thiophene rings is 1. The minimum atomic E-state index is -0.123. The summed E-state index contributed by atoms with van der Waals surface area (Å²) in [5.74, 6) is 0.805. The highest BCUT2D eigenvalue weighted by Gasteiger charge is 2.10. The van der Waals surface area contributed by atoms with Gasteiger partial charge in [0.25, 0.3) is 0 Å². The molecular formula is C19H28IN3OS. The molecule has 0 spiro atoms. The average Bonchev–Trinajstić information content (AvgIpc) is 3.06. The first kappa shape index (κ1) is 21.9. The molecule has 0 bridgehead atoms. The van der Waals surface area contributed by atoms with Gasteiger partial charge in [-0.1, -0.05) is 30.3 Å². The Morgan fingerprint density at radius 2 is 1.80 bits per heavy atom. The quantitative estimate of drug-likeness (QED) is 0.368. The van der Waals surface area contributed by atoms with Crippen LogP contribution >= 0.6 is 35.3 Å². The van der Waals surface area contributed by atoms with Crippen LogP contribution in [-0.4, -0.2) is 18.6 Å². The van der Waals surface area contributed by atoms with Crippen LogP contribution in [0.15, 0.2) is 46.8 Å². The number of rotatable bonds is 6. The molecular weight excluding hydrogens is 445 g/mol. The lowest BCUT2D eigenvalue weighted by molar-refractivity contribution is -0.0149. The SMILES string of the molecule is CN=C(NCc1cccc(COC(C)(C)C)c1)NCc1cccs1.I. The first-order valence-corrected chi connectivity index (χ1v) is 9.03. The molecule has 1 aromatic carbocycles. The predicted octanol–water partition coefficient (Wildman–Crippen LogP) is 4.55. The van der Waals surface area contributed by atoms with Crippen molar-refractivity contribution in [3.05, 3.63) is 57.8 Å². The lowest BCUT2D eigenvalue weighted by Gasteiger charge is -2.19. The smallest absolute Gasteiger partial charge is 0.191 e. The largest absolute Gasteiger partial charge is 0.371 e. The molecule has 0 saturated carbocycles. The van der Waals surface area contributed by atoms with E-state index in [0.29, 0.717) is 6.61 Å². The number of aliphatic imine (C=N–C) groups is 1. The van der Waals surface area contributed by atoms with Gasteiger partial charge in [-0.25, -0.2) is 0 Å². The third-order valence-corrected chi connectivity index (χ3v) is 4.23. The molecule has 0 fully saturated rings. The maximum atomic E-state index is 5.84. The van der Waals surface area contributed by atoms with Crippen molar-refractivity contribution < 1.29 is 4.74 Å². The van der Waals surface area contributed by atoms with Gasteiger partial charge in [0.1, 0.15) is 0 Å². The lowest BCUT2D eigenvalue weighted by Crippen LogP contribution is -2.36. The van der Waals surface area contributed by atoms with E-state index < -0.39 is 0 Å². The van der Waals surface area contributed by atoms with Crippen LogP contribution in [0, 0.1) is 0 Å². The number of hydrogen-bond acceptors (Lipinski definition) is 3. The van der Waals surface area contributed by atoms with Gasteiger partial charge in [-0.15, -0.1) is 35.3 Å². The van der Waals surface area contributed by atoms with Gasteiger partial charge < -0.3 is 15.4 Å². The number of guanidine groups is 1. The molecule has 138 valence electrons. The molecule has 0 radical (unpaired) electrons. The highest BCUT2D eigenvalue weighted by atomic mass is 127. The van der Waals surface area contributed by atoms with E-state index >= 15 is 0 Å². The first-order valence-electron chi connectivity index (χ1n) is 8.15. The van der Waals surface area contributed by atoms with Crippen molar-refractivity contribution in [2.24, 2.45) is 4.99 Å². The van der Waals surface area contributed by atoms with Crippen molar-refractivity contribution in [2.75, 3.05) is 7.05 Å². The number of benzene rings is 1. The summed E-state index contributed by atoms with van der Waals surface area (Å²) in [6, 6.07) is 12.6. The maximum absolute atomic E-state index is 5.84. The lowest BCUT2D eigenvalue weighted by atomic mass is 10.1. The van der Waals surface area contributed by atoms with Crippen molar-refractivity contribution >= 4 is 41.3 Å². The average molecular weight is 473 g/mol. The number of ether oxygens (including phenoxy) is 1. The first-order chi connectivity index (χ1) is 11.5. The maximum Gasteiger partial charge on any atom is 0.191 e. The molecule has 0 saturated heterocycles. The van der Waals surface area contributed by atoms with E-state index in [1.165, 1.54) is 16.0 Å². The van der Waals surface area contributed by atoms with Crippen molar-refractivity contribution in [1.82, 2.24) is 10.6 Å². The molecule has 25 heavy (non-hydrogen) atoms. The van der Waals surface area contributed by atoms with Crippen molar-refractivity contribution in [2.45, 2.75) is 46.1 Å². The molecule has 2 N–H and O–H groups in total. The van der Waals surface area contributed by atoms with Crippen LogP contribution in [0.3, 0.4) is 0 Å². The molecule has 4 nitrogen and oxygen atoms in total. The Morgan fingerprint density at radius 3 is 2.44 bits per heavy atom. The van der Waals surface area contributed by atoms with Gasteiger partial charge in [0.05, 0.1) is 18.8 Å². The molecule has 0 atom stereocenters. The Labute approximate surface area is 172 Å². The third kappa shape index (κ3) is 8.69. The van der Waals surface area contributed by atoms with Crippen molar-refractivity contribution in [3.8, 4) is 0 Å². The van der Waals surface area contributed by atoms with E-state index in [4.69, 9.17) is 4.74 Å². The Morgan fingerprint density at radius 1 is 1.08 bits per heavy atom. The van der Waals surface area contributed by atoms with Gasteiger partial charge in [-0.2, -0.15) is 0 Å². The zero-order chi connectivity index (χ0) is 17.4. The molecule has 0 amide bonds. The highest BCUT2D eigenvalue weighted by molar-refractivity contribution is 14.0. The summed E-state index contributed by atoms with van der Waals surface area (Å²) in [6.45, 7) is 8.36. The van der Waals surface area contributed by atoms with Crippen LogP contribution in [-0.2, 0) is 24.4 Å². The van der Waals surface area contributed by atoms with E-state index in [0.717, 1.165) is 19.0 Å². The third-order valence-electron chi connectivity index (χ3n) is 3.36. The Hall–Kier alpha value is -1.12. The fourth-order valence-electron chi connectivity index (χ4n) is 2.12. The Bertz CT molecular complexity index is 651. The van der Waals surface area contributed by atoms with E-state index in [1.807, 2.05) is 0 Å². The zero-order valence-corrected chi connectivity index (χ0v) is 18.5. The van der Waals surface area contributed by atoms with Gasteiger partial charge in [0.15, 0.2) is 5.96 Å². The topological polar surface area (TPSA) is 45.7 Å². The standard InChI is InChI=1S/C19H27N3OS.HI/c1-19(2,3)23-14-16-8-5-7-15(11-16)12-21-18(20-4)22-13-17-9-6-10-24-17;/h5-11H,12-14H2,1-4H3,(H2,20,21,22);1H. The fourth-order valence-corrected chi connectivity index (χ4v) is 2.76. The second kappa shape index (κ2) is 10.8. The van der Waals surface area contributed by atoms with Crippen LogP contribution in [0.1, 0.15) is 36.8 Å². The van der Waals surface area contributed by atoms with Gasteiger partial charge in [0.2, 0.25) is 0 Å². The molecule has 0 aliphatic rings. The number of halogens is 1. The van der Waals surface area contributed by atoms with Crippen LogP contribution in [0.25, 0.3) is 0 Å². The minimum absolute atomic E-state index is 0. The van der Waals surface area contributed by atoms with E-state index in [1.54, 1.807) is 18.4 Å². The van der Waals surface area contributed by atoms with E-state index in [9.17, 15) is 0 Å². The molecule has 0 aliphatic carbocycles. The summed E-state index contributed by atoms with van der Waals surface area (Å²) >= 11 is 1.74. The monoisotopic (exact) mass is 473 g/mol. The molecule has 0 unspecified atom stereocenters. The van der Waals surface area contributed by atoms with Gasteiger partial charge >= 0.3 is 0 Å². The molecule has 1 heterocycles. The molecule has 2 rings (SSSR count). The minimum Gasteiger partial charge on any atom is -0.371 e. The summed E-state index contributed by atoms with van der Waals surface area (Å²) < 4.78 is 5.84. The highest BCUT2D eigenvalue weighted by Crippen LogP contribution is 2.13. The summed E-state index contributed by atoms with van der Waals surface area (Å²) in [5, 5.41) is 8.76. The second-order valence-electron chi connectivity index (χ2n) is 6.58. The molecule has 1 aromatic heterocycles. The molecule has 2 aromatic rings. The second-order valence-corrected chi connectivity index (χ2v) is 7.61. The summed E-state index contributed by atoms with van der Waals surface area (Å²) in [6.07, 6.45) is 0. The normalized spacial score (nSPS) is 11.8. The zero-order valence-electron chi connectivity index (χ0n) is 15.3. The Kier molecular flexibility index (Phi) is 9.45. The number of nitrogens with zero attached hydrogens (tertiary/aromatic N) is 1. The number of nitrogens with one attached hydrogen (secondary N) is 2. The van der Waals surface area contributed by atoms with Gasteiger partial charge in [-0.3, -0.25) is 4.99 Å². The number of hydrogen-bond donors (Lipinski definition) is 2. The Balaban J connectivity index is 0.00000312. The van der Waals surface area contributed by atoms with E-state index in [-0.39, 0.29) is 29.6 Å². The van der Waals surface area contributed by atoms with Crippen LogP contribution in [0.4, 0.5) is 0 Å². The summed E-state index contributed by atoms with van der Waals surface area (Å²) in [5.41, 5.74) is 2.27. The van der Waals surface area contributed by atoms with Crippen molar-refractivity contribution in [3.63, 3.8) is 0 Å². The van der Waals surface area contributed by atoms with Crippen LogP contribution in [0.5, 0.6) is 0 Å².